The fourth-order valence-corrected chi connectivity index (χ4v) is 1.55. The summed E-state index contributed by atoms with van der Waals surface area (Å²) in [5.41, 5.74) is -1.84. The van der Waals surface area contributed by atoms with Crippen LogP contribution in [0.25, 0.3) is 5.82 Å². The minimum atomic E-state index is -1.53. The molecule has 0 amide bonds. The molecule has 0 aromatic carbocycles. The zero-order valence-electron chi connectivity index (χ0n) is 10.2. The third kappa shape index (κ3) is 2.39. The lowest BCUT2D eigenvalue weighted by Crippen LogP contribution is -2.14. The Balaban J connectivity index is 2.61. The number of nitrogens with zero attached hydrogens (tertiary/aromatic N) is 4. The van der Waals surface area contributed by atoms with E-state index < -0.39 is 27.8 Å². The Bertz CT molecular complexity index is 715. The molecule has 0 aliphatic heterocycles. The predicted molar refractivity (Wildman–Crippen MR) is 65.0 cm³/mol. The average Bonchev–Trinajstić information content (AvgIpc) is 2.83. The highest BCUT2D eigenvalue weighted by atomic mass is 16.6. The minimum absolute atomic E-state index is 0.0150. The molecule has 104 valence electrons. The molecular weight excluding hydrogens is 270 g/mol. The van der Waals surface area contributed by atoms with Gasteiger partial charge >= 0.3 is 11.7 Å². The second-order valence-corrected chi connectivity index (χ2v) is 3.77. The summed E-state index contributed by atoms with van der Waals surface area (Å²) in [5.74, 6) is -1.15. The molecule has 0 bridgehead atoms. The van der Waals surface area contributed by atoms with Gasteiger partial charge in [0.1, 0.15) is 12.0 Å². The first-order valence-corrected chi connectivity index (χ1v) is 5.50. The van der Waals surface area contributed by atoms with Gasteiger partial charge in [0.05, 0.1) is 4.92 Å². The fraction of sp³-hybridized carbons (Fsp3) is 0.200. The van der Waals surface area contributed by atoms with Gasteiger partial charge in [-0.15, -0.1) is 0 Å². The number of hydrogen-bond acceptors (Lipinski definition) is 6. The van der Waals surface area contributed by atoms with E-state index in [0.717, 1.165) is 16.9 Å². The minimum Gasteiger partial charge on any atom is -0.476 e. The maximum atomic E-state index is 11.4. The first-order valence-electron chi connectivity index (χ1n) is 5.50. The summed E-state index contributed by atoms with van der Waals surface area (Å²) in [4.78, 5) is 38.7. The van der Waals surface area contributed by atoms with Gasteiger partial charge in [-0.1, -0.05) is 6.92 Å². The molecule has 2 heterocycles. The van der Waals surface area contributed by atoms with Crippen LogP contribution in [0, 0.1) is 10.1 Å². The van der Waals surface area contributed by atoms with Crippen molar-refractivity contribution in [1.29, 1.82) is 0 Å². The lowest BCUT2D eigenvalue weighted by molar-refractivity contribution is -0.385. The van der Waals surface area contributed by atoms with E-state index in [-0.39, 0.29) is 5.82 Å². The number of carboxylic acids is 1. The number of aromatic nitrogens is 4. The van der Waals surface area contributed by atoms with Crippen molar-refractivity contribution < 1.29 is 14.8 Å². The molecule has 0 aliphatic rings. The van der Waals surface area contributed by atoms with E-state index in [0.29, 0.717) is 12.2 Å². The first kappa shape index (κ1) is 13.4. The number of hydrogen-bond donors (Lipinski definition) is 2. The molecule has 0 spiro atoms. The quantitative estimate of drug-likeness (QED) is 0.597. The first-order chi connectivity index (χ1) is 9.42. The number of nitrogens with one attached hydrogen (secondary N) is 1. The van der Waals surface area contributed by atoms with Crippen molar-refractivity contribution in [2.24, 2.45) is 0 Å². The Morgan fingerprint density at radius 1 is 1.60 bits per heavy atom. The molecule has 2 rings (SSSR count). The number of aromatic carboxylic acids is 1. The second-order valence-electron chi connectivity index (χ2n) is 3.77. The number of rotatable bonds is 4. The lowest BCUT2D eigenvalue weighted by atomic mass is 10.4. The number of carbonyl (C=O) groups is 1. The smallest absolute Gasteiger partial charge is 0.363 e. The molecule has 0 unspecified atom stereocenters. The summed E-state index contributed by atoms with van der Waals surface area (Å²) < 4.78 is 0.899. The maximum absolute atomic E-state index is 11.4. The van der Waals surface area contributed by atoms with Crippen LogP contribution in [0.3, 0.4) is 0 Å². The van der Waals surface area contributed by atoms with Gasteiger partial charge in [0.2, 0.25) is 5.69 Å². The molecule has 20 heavy (non-hydrogen) atoms. The van der Waals surface area contributed by atoms with Gasteiger partial charge < -0.3 is 10.1 Å². The Hall–Kier alpha value is -3.04. The summed E-state index contributed by atoms with van der Waals surface area (Å²) in [6.45, 7) is 1.76. The summed E-state index contributed by atoms with van der Waals surface area (Å²) in [5, 5.41) is 23.2. The summed E-state index contributed by atoms with van der Waals surface area (Å²) in [6.07, 6.45) is 1.35. The number of nitro groups is 1. The van der Waals surface area contributed by atoms with Crippen LogP contribution >= 0.6 is 0 Å². The standard InChI is InChI=1S/C10H9N5O5/c1-2-6-11-7(3-8(16)12-6)14-4-5(15(19)20)9(13-14)10(17)18/h3-4H,2H2,1H3,(H,17,18)(H,11,12,16). The molecule has 2 aromatic heterocycles. The van der Waals surface area contributed by atoms with Crippen molar-refractivity contribution in [2.75, 3.05) is 0 Å². The lowest BCUT2D eigenvalue weighted by Gasteiger charge is -2.01. The van der Waals surface area contributed by atoms with E-state index in [1.54, 1.807) is 6.92 Å². The van der Waals surface area contributed by atoms with Crippen LogP contribution in [-0.4, -0.2) is 35.7 Å². The van der Waals surface area contributed by atoms with Crippen LogP contribution in [0.5, 0.6) is 0 Å². The molecule has 10 heteroatoms. The maximum Gasteiger partial charge on any atom is 0.363 e. The summed E-state index contributed by atoms with van der Waals surface area (Å²) in [7, 11) is 0. The van der Waals surface area contributed by atoms with E-state index in [2.05, 4.69) is 15.1 Å². The monoisotopic (exact) mass is 279 g/mol. The van der Waals surface area contributed by atoms with Gasteiger partial charge in [-0.3, -0.25) is 14.9 Å². The molecule has 0 saturated carbocycles. The van der Waals surface area contributed by atoms with Gasteiger partial charge in [0.25, 0.3) is 5.56 Å². The molecule has 0 fully saturated rings. The normalized spacial score (nSPS) is 10.4. The van der Waals surface area contributed by atoms with Gasteiger partial charge in [-0.25, -0.2) is 14.5 Å². The van der Waals surface area contributed by atoms with Crippen LogP contribution in [0.1, 0.15) is 23.2 Å². The van der Waals surface area contributed by atoms with Crippen molar-refractivity contribution >= 4 is 11.7 Å². The van der Waals surface area contributed by atoms with Crippen LogP contribution < -0.4 is 5.56 Å². The van der Waals surface area contributed by atoms with Gasteiger partial charge in [-0.05, 0) is 0 Å². The molecule has 2 aromatic rings. The highest BCUT2D eigenvalue weighted by Crippen LogP contribution is 2.18. The van der Waals surface area contributed by atoms with Crippen LogP contribution in [-0.2, 0) is 6.42 Å². The van der Waals surface area contributed by atoms with Crippen LogP contribution in [0.15, 0.2) is 17.1 Å². The van der Waals surface area contributed by atoms with Crippen molar-refractivity contribution in [2.45, 2.75) is 13.3 Å². The summed E-state index contributed by atoms with van der Waals surface area (Å²) in [6, 6.07) is 1.07. The number of aryl methyl sites for hydroxylation is 1. The Labute approximate surface area is 110 Å². The van der Waals surface area contributed by atoms with E-state index in [9.17, 15) is 19.7 Å². The van der Waals surface area contributed by atoms with Gasteiger partial charge in [0, 0.05) is 12.5 Å². The fourth-order valence-electron chi connectivity index (χ4n) is 1.55. The molecular formula is C10H9N5O5. The van der Waals surface area contributed by atoms with Crippen molar-refractivity contribution in [3.05, 3.63) is 44.2 Å². The molecule has 0 aliphatic carbocycles. The SMILES string of the molecule is CCc1nc(-n2cc([N+](=O)[O-])c(C(=O)O)n2)cc(=O)[nH]1. The van der Waals surface area contributed by atoms with Crippen LogP contribution in [0.4, 0.5) is 5.69 Å². The predicted octanol–water partition coefficient (Wildman–Crippen LogP) is 0.124. The molecule has 0 radical (unpaired) electrons. The van der Waals surface area contributed by atoms with Gasteiger partial charge in [0.15, 0.2) is 5.82 Å². The van der Waals surface area contributed by atoms with E-state index in [1.165, 1.54) is 0 Å². The highest BCUT2D eigenvalue weighted by molar-refractivity contribution is 5.89. The van der Waals surface area contributed by atoms with Crippen molar-refractivity contribution in [3.63, 3.8) is 0 Å². The number of H-pyrrole nitrogens is 1. The van der Waals surface area contributed by atoms with Crippen molar-refractivity contribution in [1.82, 2.24) is 19.7 Å². The molecule has 0 atom stereocenters. The topological polar surface area (TPSA) is 144 Å². The highest BCUT2D eigenvalue weighted by Gasteiger charge is 2.26. The molecule has 2 N–H and O–H groups in total. The Morgan fingerprint density at radius 2 is 2.30 bits per heavy atom. The zero-order valence-corrected chi connectivity index (χ0v) is 10.2. The summed E-state index contributed by atoms with van der Waals surface area (Å²) >= 11 is 0. The Kier molecular flexibility index (Phi) is 3.29. The number of aromatic amines is 1. The molecule has 0 saturated heterocycles. The van der Waals surface area contributed by atoms with Crippen molar-refractivity contribution in [3.8, 4) is 5.82 Å². The average molecular weight is 279 g/mol. The van der Waals surface area contributed by atoms with Gasteiger partial charge in [-0.2, -0.15) is 5.10 Å². The zero-order chi connectivity index (χ0) is 14.9. The van der Waals surface area contributed by atoms with E-state index in [1.807, 2.05) is 0 Å². The molecule has 10 nitrogen and oxygen atoms in total. The van der Waals surface area contributed by atoms with E-state index in [4.69, 9.17) is 5.11 Å². The number of carboxylic acid groups (broad SMARTS) is 1. The third-order valence-electron chi connectivity index (χ3n) is 2.44. The Morgan fingerprint density at radius 3 is 2.80 bits per heavy atom. The van der Waals surface area contributed by atoms with E-state index >= 15 is 0 Å². The van der Waals surface area contributed by atoms with Crippen LogP contribution in [0.2, 0.25) is 0 Å². The second kappa shape index (κ2) is 4.91. The third-order valence-corrected chi connectivity index (χ3v) is 2.44. The largest absolute Gasteiger partial charge is 0.476 e.